The van der Waals surface area contributed by atoms with Gasteiger partial charge in [-0.1, -0.05) is 60.1 Å². The minimum absolute atomic E-state index is 0.135. The molecule has 0 atom stereocenters. The van der Waals surface area contributed by atoms with Gasteiger partial charge in [0.2, 0.25) is 10.0 Å². The Morgan fingerprint density at radius 1 is 0.903 bits per heavy atom. The highest BCUT2D eigenvalue weighted by molar-refractivity contribution is 7.89. The van der Waals surface area contributed by atoms with Crippen LogP contribution in [0.2, 0.25) is 5.02 Å². The molecule has 3 rings (SSSR count). The first kappa shape index (κ1) is 22.8. The van der Waals surface area contributed by atoms with Gasteiger partial charge in [-0.2, -0.15) is 0 Å². The maximum atomic E-state index is 12.4. The summed E-state index contributed by atoms with van der Waals surface area (Å²) in [6.45, 7) is 0.412. The first-order valence-electron chi connectivity index (χ1n) is 9.70. The normalized spacial score (nSPS) is 11.1. The van der Waals surface area contributed by atoms with Gasteiger partial charge < -0.3 is 10.1 Å². The summed E-state index contributed by atoms with van der Waals surface area (Å²) in [5, 5.41) is 3.31. The number of hydrogen-bond acceptors (Lipinski definition) is 4. The molecule has 0 fully saturated rings. The molecule has 0 aliphatic heterocycles. The highest BCUT2D eigenvalue weighted by atomic mass is 35.5. The maximum Gasteiger partial charge on any atom is 0.258 e. The lowest BCUT2D eigenvalue weighted by molar-refractivity contribution is -0.123. The topological polar surface area (TPSA) is 84.5 Å². The number of nitrogens with one attached hydrogen (secondary N) is 2. The number of halogens is 1. The van der Waals surface area contributed by atoms with Crippen LogP contribution in [0.1, 0.15) is 11.1 Å². The van der Waals surface area contributed by atoms with Gasteiger partial charge in [-0.15, -0.1) is 0 Å². The molecule has 162 valence electrons. The number of carbonyl (C=O) groups excluding carboxylic acids is 1. The van der Waals surface area contributed by atoms with Gasteiger partial charge in [-0.05, 0) is 47.9 Å². The summed E-state index contributed by atoms with van der Waals surface area (Å²) in [6.07, 6.45) is 0.602. The summed E-state index contributed by atoms with van der Waals surface area (Å²) in [5.41, 5.74) is 1.87. The number of carbonyl (C=O) groups is 1. The lowest BCUT2D eigenvalue weighted by Crippen LogP contribution is -2.28. The molecule has 0 spiro atoms. The molecule has 2 N–H and O–H groups in total. The largest absolute Gasteiger partial charge is 0.484 e. The van der Waals surface area contributed by atoms with Crippen molar-refractivity contribution in [3.8, 4) is 5.75 Å². The number of hydrogen-bond donors (Lipinski definition) is 2. The van der Waals surface area contributed by atoms with Crippen LogP contribution in [-0.4, -0.2) is 27.5 Å². The summed E-state index contributed by atoms with van der Waals surface area (Å²) in [4.78, 5) is 12.1. The van der Waals surface area contributed by atoms with E-state index >= 15 is 0 Å². The number of ether oxygens (including phenoxy) is 1. The zero-order valence-electron chi connectivity index (χ0n) is 16.8. The van der Waals surface area contributed by atoms with Crippen molar-refractivity contribution in [1.82, 2.24) is 10.0 Å². The van der Waals surface area contributed by atoms with Crippen LogP contribution in [0, 0.1) is 0 Å². The zero-order valence-corrected chi connectivity index (χ0v) is 18.3. The molecular formula is C23H23ClN2O4S. The van der Waals surface area contributed by atoms with E-state index in [9.17, 15) is 13.2 Å². The van der Waals surface area contributed by atoms with E-state index in [1.165, 1.54) is 24.3 Å². The number of rotatable bonds is 10. The van der Waals surface area contributed by atoms with Crippen molar-refractivity contribution in [2.45, 2.75) is 17.9 Å². The van der Waals surface area contributed by atoms with Crippen LogP contribution in [-0.2, 0) is 27.8 Å². The number of benzene rings is 3. The molecular weight excluding hydrogens is 436 g/mol. The van der Waals surface area contributed by atoms with Crippen molar-refractivity contribution in [3.05, 3.63) is 95.0 Å². The molecule has 0 bridgehead atoms. The second kappa shape index (κ2) is 10.9. The lowest BCUT2D eigenvalue weighted by Gasteiger charge is -2.10. The first-order valence-corrected chi connectivity index (χ1v) is 11.6. The van der Waals surface area contributed by atoms with E-state index < -0.39 is 10.0 Å². The third kappa shape index (κ3) is 7.10. The van der Waals surface area contributed by atoms with Crippen molar-refractivity contribution < 1.29 is 17.9 Å². The van der Waals surface area contributed by atoms with Crippen molar-refractivity contribution in [2.24, 2.45) is 0 Å². The number of amides is 1. The van der Waals surface area contributed by atoms with Gasteiger partial charge >= 0.3 is 0 Å². The Hall–Kier alpha value is -2.87. The summed E-state index contributed by atoms with van der Waals surface area (Å²) >= 11 is 6.06. The molecule has 6 nitrogen and oxygen atoms in total. The molecule has 0 aliphatic carbocycles. The monoisotopic (exact) mass is 458 g/mol. The SMILES string of the molecule is O=C(COc1ccc(S(=O)(=O)NCCc2ccccc2)cc1)NCc1ccccc1Cl. The molecule has 0 radical (unpaired) electrons. The van der Waals surface area contributed by atoms with Crippen LogP contribution < -0.4 is 14.8 Å². The Kier molecular flexibility index (Phi) is 8.06. The van der Waals surface area contributed by atoms with Crippen molar-refractivity contribution in [2.75, 3.05) is 13.2 Å². The fourth-order valence-corrected chi connectivity index (χ4v) is 4.04. The zero-order chi connectivity index (χ0) is 22.1. The highest BCUT2D eigenvalue weighted by Crippen LogP contribution is 2.16. The van der Waals surface area contributed by atoms with Crippen LogP contribution in [0.5, 0.6) is 5.75 Å². The predicted molar refractivity (Wildman–Crippen MR) is 121 cm³/mol. The van der Waals surface area contributed by atoms with E-state index in [4.69, 9.17) is 16.3 Å². The third-order valence-electron chi connectivity index (χ3n) is 4.49. The molecule has 8 heteroatoms. The molecule has 1 amide bonds. The molecule has 3 aromatic carbocycles. The van der Waals surface area contributed by atoms with Crippen molar-refractivity contribution >= 4 is 27.5 Å². The summed E-state index contributed by atoms with van der Waals surface area (Å²) in [5.74, 6) is 0.0929. The van der Waals surface area contributed by atoms with Crippen LogP contribution in [0.3, 0.4) is 0 Å². The molecule has 0 saturated heterocycles. The van der Waals surface area contributed by atoms with Gasteiger partial charge in [0.05, 0.1) is 4.90 Å². The summed E-state index contributed by atoms with van der Waals surface area (Å²) in [6, 6.07) is 22.8. The van der Waals surface area contributed by atoms with Crippen LogP contribution >= 0.6 is 11.6 Å². The van der Waals surface area contributed by atoms with Crippen LogP contribution in [0.25, 0.3) is 0 Å². The van der Waals surface area contributed by atoms with Crippen molar-refractivity contribution in [3.63, 3.8) is 0 Å². The molecule has 0 aromatic heterocycles. The van der Waals surface area contributed by atoms with E-state index in [0.717, 1.165) is 11.1 Å². The molecule has 0 aliphatic rings. The Bertz CT molecular complexity index is 1100. The van der Waals surface area contributed by atoms with E-state index in [-0.39, 0.29) is 17.4 Å². The second-order valence-electron chi connectivity index (χ2n) is 6.76. The minimum atomic E-state index is -3.62. The van der Waals surface area contributed by atoms with Crippen LogP contribution in [0.4, 0.5) is 0 Å². The third-order valence-corrected chi connectivity index (χ3v) is 6.33. The molecule has 31 heavy (non-hydrogen) atoms. The van der Waals surface area contributed by atoms with Crippen LogP contribution in [0.15, 0.2) is 83.8 Å². The van der Waals surface area contributed by atoms with Gasteiger partial charge in [0.15, 0.2) is 6.61 Å². The Morgan fingerprint density at radius 2 is 1.58 bits per heavy atom. The average molecular weight is 459 g/mol. The average Bonchev–Trinajstić information content (AvgIpc) is 2.78. The molecule has 0 saturated carbocycles. The predicted octanol–water partition coefficient (Wildman–Crippen LogP) is 3.56. The standard InChI is InChI=1S/C23H23ClN2O4S/c24-22-9-5-4-8-19(22)16-25-23(27)17-30-20-10-12-21(13-11-20)31(28,29)26-15-14-18-6-2-1-3-7-18/h1-13,26H,14-17H2,(H,25,27). The van der Waals surface area contributed by atoms with Crippen molar-refractivity contribution in [1.29, 1.82) is 0 Å². The van der Waals surface area contributed by atoms with E-state index in [2.05, 4.69) is 10.0 Å². The minimum Gasteiger partial charge on any atom is -0.484 e. The fraction of sp³-hybridized carbons (Fsp3) is 0.174. The van der Waals surface area contributed by atoms with Gasteiger partial charge in [0.1, 0.15) is 5.75 Å². The Labute approximate surface area is 187 Å². The highest BCUT2D eigenvalue weighted by Gasteiger charge is 2.13. The van der Waals surface area contributed by atoms with E-state index in [1.807, 2.05) is 48.5 Å². The summed E-state index contributed by atoms with van der Waals surface area (Å²) in [7, 11) is -3.62. The second-order valence-corrected chi connectivity index (χ2v) is 8.94. The molecule has 0 unspecified atom stereocenters. The molecule has 3 aromatic rings. The molecule has 0 heterocycles. The number of sulfonamides is 1. The fourth-order valence-electron chi connectivity index (χ4n) is 2.81. The van der Waals surface area contributed by atoms with E-state index in [0.29, 0.717) is 30.3 Å². The quantitative estimate of drug-likeness (QED) is 0.486. The van der Waals surface area contributed by atoms with Gasteiger partial charge in [-0.3, -0.25) is 4.79 Å². The first-order chi connectivity index (χ1) is 14.9. The summed E-state index contributed by atoms with van der Waals surface area (Å²) < 4.78 is 32.9. The van der Waals surface area contributed by atoms with Gasteiger partial charge in [0, 0.05) is 18.1 Å². The smallest absolute Gasteiger partial charge is 0.258 e. The Morgan fingerprint density at radius 3 is 2.29 bits per heavy atom. The van der Waals surface area contributed by atoms with Gasteiger partial charge in [-0.25, -0.2) is 13.1 Å². The maximum absolute atomic E-state index is 12.4. The van der Waals surface area contributed by atoms with E-state index in [1.54, 1.807) is 6.07 Å². The lowest BCUT2D eigenvalue weighted by atomic mass is 10.2. The van der Waals surface area contributed by atoms with Gasteiger partial charge in [0.25, 0.3) is 5.91 Å². The Balaban J connectivity index is 1.45.